The molecule has 0 aromatic heterocycles. The number of rotatable bonds is 5. The summed E-state index contributed by atoms with van der Waals surface area (Å²) in [4.78, 5) is 11.2. The van der Waals surface area contributed by atoms with Gasteiger partial charge >= 0.3 is 5.97 Å². The second kappa shape index (κ2) is 6.50. The third kappa shape index (κ3) is 3.84. The van der Waals surface area contributed by atoms with Crippen LogP contribution in [-0.2, 0) is 19.0 Å². The van der Waals surface area contributed by atoms with Crippen LogP contribution in [0.25, 0.3) is 0 Å². The minimum Gasteiger partial charge on any atom is -0.629 e. The number of hydrogen-bond donors (Lipinski definition) is 1. The van der Waals surface area contributed by atoms with Gasteiger partial charge in [-0.25, -0.2) is 4.79 Å². The van der Waals surface area contributed by atoms with Gasteiger partial charge in [-0.15, -0.1) is 0 Å². The molecule has 0 amide bonds. The molecule has 82 valence electrons. The summed E-state index contributed by atoms with van der Waals surface area (Å²) in [6.45, 7) is 0. The van der Waals surface area contributed by atoms with Crippen LogP contribution >= 0.6 is 0 Å². The van der Waals surface area contributed by atoms with Crippen molar-refractivity contribution >= 4 is 5.97 Å². The molecule has 1 N–H and O–H groups in total. The summed E-state index contributed by atoms with van der Waals surface area (Å²) < 4.78 is 14.2. The van der Waals surface area contributed by atoms with Crippen molar-refractivity contribution in [1.82, 2.24) is 0 Å². The van der Waals surface area contributed by atoms with E-state index in [2.05, 4.69) is 4.74 Å². The Bertz CT molecular complexity index is 210. The van der Waals surface area contributed by atoms with Gasteiger partial charge in [-0.2, -0.15) is 0 Å². The molecule has 0 spiro atoms. The largest absolute Gasteiger partial charge is 0.629 e. The van der Waals surface area contributed by atoms with E-state index in [0.717, 1.165) is 6.20 Å². The van der Waals surface area contributed by atoms with Crippen LogP contribution in [0, 0.1) is 5.21 Å². The molecule has 0 aliphatic carbocycles. The second-order valence-electron chi connectivity index (χ2n) is 2.51. The number of methoxy groups -OCH3 is 3. The Morgan fingerprint density at radius 3 is 2.14 bits per heavy atom. The summed E-state index contributed by atoms with van der Waals surface area (Å²) >= 11 is 0. The van der Waals surface area contributed by atoms with E-state index in [-0.39, 0.29) is 10.6 Å². The Morgan fingerprint density at radius 1 is 1.36 bits per heavy atom. The van der Waals surface area contributed by atoms with Gasteiger partial charge in [0.2, 0.25) is 0 Å². The van der Waals surface area contributed by atoms with Gasteiger partial charge < -0.3 is 24.5 Å². The molecule has 1 atom stereocenters. The van der Waals surface area contributed by atoms with Crippen LogP contribution in [-0.4, -0.2) is 40.6 Å². The van der Waals surface area contributed by atoms with Crippen LogP contribution in [0.5, 0.6) is 0 Å². The molecule has 0 aromatic rings. The molecule has 0 radical (unpaired) electrons. The number of esters is 1. The van der Waals surface area contributed by atoms with Crippen LogP contribution in [0.15, 0.2) is 11.8 Å². The fraction of sp³-hybridized carbons (Fsp3) is 0.625. The molecule has 0 saturated carbocycles. The van der Waals surface area contributed by atoms with E-state index < -0.39 is 12.3 Å². The van der Waals surface area contributed by atoms with Gasteiger partial charge in [0.05, 0.1) is 14.2 Å². The summed E-state index contributed by atoms with van der Waals surface area (Å²) in [6.07, 6.45) is 0.245. The molecule has 0 rings (SSSR count). The first-order valence-corrected chi connectivity index (χ1v) is 3.92. The predicted molar refractivity (Wildman–Crippen MR) is 48.2 cm³/mol. The van der Waals surface area contributed by atoms with Gasteiger partial charge in [-0.3, -0.25) is 0 Å². The smallest absolute Gasteiger partial charge is 0.344 e. The first-order chi connectivity index (χ1) is 6.56. The maximum atomic E-state index is 11.2. The number of quaternary nitrogens is 1. The lowest BCUT2D eigenvalue weighted by molar-refractivity contribution is -0.767. The van der Waals surface area contributed by atoms with Crippen molar-refractivity contribution in [1.29, 1.82) is 0 Å². The van der Waals surface area contributed by atoms with Crippen LogP contribution in [0.2, 0.25) is 0 Å². The summed E-state index contributed by atoms with van der Waals surface area (Å²) in [5, 5.41) is 10.5. The third-order valence-electron chi connectivity index (χ3n) is 1.46. The van der Waals surface area contributed by atoms with E-state index in [9.17, 15) is 10.0 Å². The first kappa shape index (κ1) is 13.1. The van der Waals surface area contributed by atoms with E-state index in [4.69, 9.17) is 9.47 Å². The normalized spacial score (nSPS) is 14.3. The fourth-order valence-electron chi connectivity index (χ4n) is 0.910. The SMILES string of the molecule is COC(=O)/C(=C\[NH+](C)[O-])C(OC)OC. The summed E-state index contributed by atoms with van der Waals surface area (Å²) in [6, 6.07) is 0. The van der Waals surface area contributed by atoms with Gasteiger partial charge in [-0.1, -0.05) is 0 Å². The second-order valence-corrected chi connectivity index (χ2v) is 2.51. The van der Waals surface area contributed by atoms with Crippen molar-refractivity contribution in [2.45, 2.75) is 6.29 Å². The number of carbonyl (C=O) groups is 1. The van der Waals surface area contributed by atoms with Crippen molar-refractivity contribution in [3.8, 4) is 0 Å². The quantitative estimate of drug-likeness (QED) is 0.261. The highest BCUT2D eigenvalue weighted by Gasteiger charge is 2.22. The van der Waals surface area contributed by atoms with Crippen molar-refractivity contribution in [2.24, 2.45) is 0 Å². The highest BCUT2D eigenvalue weighted by molar-refractivity contribution is 5.88. The minimum atomic E-state index is -0.883. The molecule has 0 fully saturated rings. The average molecular weight is 205 g/mol. The van der Waals surface area contributed by atoms with E-state index in [1.807, 2.05) is 0 Å². The van der Waals surface area contributed by atoms with Crippen LogP contribution in [0.3, 0.4) is 0 Å². The maximum Gasteiger partial charge on any atom is 0.344 e. The molecule has 0 aliphatic heterocycles. The van der Waals surface area contributed by atoms with E-state index in [1.165, 1.54) is 28.4 Å². The Morgan fingerprint density at radius 2 is 1.86 bits per heavy atom. The standard InChI is InChI=1S/C8H15NO5/c1-9(11)5-6(7(10)12-2)8(13-3)14-4/h5,8-9H,1-4H3/b6-5+. The van der Waals surface area contributed by atoms with Crippen LogP contribution < -0.4 is 5.06 Å². The average Bonchev–Trinajstić information content (AvgIpc) is 2.16. The lowest BCUT2D eigenvalue weighted by Crippen LogP contribution is -2.98. The molecule has 0 bridgehead atoms. The number of carbonyl (C=O) groups excluding carboxylic acids is 1. The Labute approximate surface area is 82.6 Å². The molecule has 0 aliphatic rings. The van der Waals surface area contributed by atoms with E-state index in [1.54, 1.807) is 0 Å². The van der Waals surface area contributed by atoms with Gasteiger partial charge in [0.25, 0.3) is 0 Å². The van der Waals surface area contributed by atoms with Gasteiger partial charge in [-0.05, 0) is 0 Å². The zero-order valence-electron chi connectivity index (χ0n) is 8.70. The van der Waals surface area contributed by atoms with E-state index >= 15 is 0 Å². The predicted octanol–water partition coefficient (Wildman–Crippen LogP) is -1.33. The van der Waals surface area contributed by atoms with Crippen LogP contribution in [0.1, 0.15) is 0 Å². The zero-order valence-corrected chi connectivity index (χ0v) is 8.70. The number of nitrogens with one attached hydrogen (secondary N) is 1. The zero-order chi connectivity index (χ0) is 11.1. The summed E-state index contributed by atoms with van der Waals surface area (Å²) in [7, 11) is 5.28. The Balaban J connectivity index is 4.79. The van der Waals surface area contributed by atoms with Crippen molar-refractivity contribution in [3.05, 3.63) is 17.0 Å². The first-order valence-electron chi connectivity index (χ1n) is 3.92. The minimum absolute atomic E-state index is 0.0463. The third-order valence-corrected chi connectivity index (χ3v) is 1.46. The van der Waals surface area contributed by atoms with Crippen LogP contribution in [0.4, 0.5) is 0 Å². The molecule has 0 saturated heterocycles. The highest BCUT2D eigenvalue weighted by Crippen LogP contribution is 2.07. The van der Waals surface area contributed by atoms with Gasteiger partial charge in [0.1, 0.15) is 11.8 Å². The summed E-state index contributed by atoms with van der Waals surface area (Å²) in [5.41, 5.74) is 0.0463. The van der Waals surface area contributed by atoms with Crippen molar-refractivity contribution < 1.29 is 24.1 Å². The molecule has 0 heterocycles. The number of hydroxylamine groups is 2. The number of ether oxygens (including phenoxy) is 3. The van der Waals surface area contributed by atoms with Gasteiger partial charge in [0, 0.05) is 14.2 Å². The monoisotopic (exact) mass is 205 g/mol. The topological polar surface area (TPSA) is 72.3 Å². The summed E-state index contributed by atoms with van der Waals surface area (Å²) in [5.74, 6) is -0.645. The lowest BCUT2D eigenvalue weighted by atomic mass is 10.3. The fourth-order valence-corrected chi connectivity index (χ4v) is 0.910. The Hall–Kier alpha value is -0.950. The molecule has 1 unspecified atom stereocenters. The molecular formula is C8H15NO5. The van der Waals surface area contributed by atoms with Crippen molar-refractivity contribution in [2.75, 3.05) is 28.4 Å². The molecule has 6 nitrogen and oxygen atoms in total. The van der Waals surface area contributed by atoms with Gasteiger partial charge in [0.15, 0.2) is 6.29 Å². The lowest BCUT2D eigenvalue weighted by Gasteiger charge is -2.17. The molecule has 14 heavy (non-hydrogen) atoms. The molecule has 0 aromatic carbocycles. The van der Waals surface area contributed by atoms with Crippen molar-refractivity contribution in [3.63, 3.8) is 0 Å². The van der Waals surface area contributed by atoms with E-state index in [0.29, 0.717) is 0 Å². The number of hydrogen-bond acceptors (Lipinski definition) is 5. The molecular weight excluding hydrogens is 190 g/mol. The Kier molecular flexibility index (Phi) is 6.06. The maximum absolute atomic E-state index is 11.2. The highest BCUT2D eigenvalue weighted by atomic mass is 16.7. The molecule has 6 heteroatoms.